The van der Waals surface area contributed by atoms with Crippen LogP contribution in [-0.2, 0) is 21.2 Å². The van der Waals surface area contributed by atoms with Gasteiger partial charge in [-0.15, -0.1) is 0 Å². The summed E-state index contributed by atoms with van der Waals surface area (Å²) in [7, 11) is -3.80. The van der Waals surface area contributed by atoms with Crippen molar-refractivity contribution in [2.24, 2.45) is 0 Å². The van der Waals surface area contributed by atoms with Crippen molar-refractivity contribution in [3.05, 3.63) is 64.6 Å². The van der Waals surface area contributed by atoms with Crippen LogP contribution < -0.4 is 10.0 Å². The maximum absolute atomic E-state index is 12.6. The van der Waals surface area contributed by atoms with Crippen LogP contribution in [0.4, 0.5) is 0 Å². The number of sulfonamides is 1. The van der Waals surface area contributed by atoms with Crippen molar-refractivity contribution < 1.29 is 13.2 Å². The van der Waals surface area contributed by atoms with Gasteiger partial charge < -0.3 is 5.32 Å². The number of carbonyl (C=O) groups is 1. The first-order chi connectivity index (χ1) is 11.9. The van der Waals surface area contributed by atoms with E-state index in [1.165, 1.54) is 12.1 Å². The molecule has 25 heavy (non-hydrogen) atoms. The van der Waals surface area contributed by atoms with Crippen molar-refractivity contribution in [3.63, 3.8) is 0 Å². The Labute approximate surface area is 157 Å². The van der Waals surface area contributed by atoms with Gasteiger partial charge >= 0.3 is 0 Å². The molecule has 5 nitrogen and oxygen atoms in total. The van der Waals surface area contributed by atoms with Crippen LogP contribution in [0.1, 0.15) is 18.9 Å². The summed E-state index contributed by atoms with van der Waals surface area (Å²) in [6, 6.07) is 14.8. The number of hydrogen-bond donors (Lipinski definition) is 2. The molecule has 0 aliphatic heterocycles. The molecule has 134 valence electrons. The molecule has 2 aromatic rings. The predicted octanol–water partition coefficient (Wildman–Crippen LogP) is 2.86. The largest absolute Gasteiger partial charge is 0.355 e. The number of nitrogens with one attached hydrogen (secondary N) is 2. The lowest BCUT2D eigenvalue weighted by Crippen LogP contribution is -2.48. The summed E-state index contributed by atoms with van der Waals surface area (Å²) < 4.78 is 28.5. The first-order valence-electron chi connectivity index (χ1n) is 8.02. The highest BCUT2D eigenvalue weighted by Gasteiger charge is 2.25. The molecule has 7 heteroatoms. The molecule has 1 unspecified atom stereocenters. The lowest BCUT2D eigenvalue weighted by atomic mass is 10.1. The molecule has 0 heterocycles. The van der Waals surface area contributed by atoms with Crippen LogP contribution in [0.2, 0.25) is 0 Å². The second-order valence-electron chi connectivity index (χ2n) is 5.61. The SMILES string of the molecule is CCCNC(=O)C(Cc1ccccc1)NS(=O)(=O)c1ccc(Br)cc1. The molecule has 1 atom stereocenters. The normalized spacial score (nSPS) is 12.6. The van der Waals surface area contributed by atoms with Gasteiger partial charge in [-0.3, -0.25) is 4.79 Å². The lowest BCUT2D eigenvalue weighted by Gasteiger charge is -2.18. The Bertz CT molecular complexity index is 793. The minimum Gasteiger partial charge on any atom is -0.355 e. The minimum absolute atomic E-state index is 0.122. The van der Waals surface area contributed by atoms with Crippen LogP contribution in [0.25, 0.3) is 0 Å². The number of amides is 1. The second kappa shape index (κ2) is 9.12. The third kappa shape index (κ3) is 5.95. The Hall–Kier alpha value is -1.70. The number of benzene rings is 2. The van der Waals surface area contributed by atoms with E-state index in [9.17, 15) is 13.2 Å². The van der Waals surface area contributed by atoms with Gasteiger partial charge in [0, 0.05) is 11.0 Å². The molecule has 0 aliphatic rings. The Balaban J connectivity index is 2.22. The topological polar surface area (TPSA) is 75.3 Å². The maximum Gasteiger partial charge on any atom is 0.241 e. The van der Waals surface area contributed by atoms with Crippen molar-refractivity contribution in [2.45, 2.75) is 30.7 Å². The molecule has 0 aromatic heterocycles. The molecule has 0 saturated heterocycles. The molecule has 0 saturated carbocycles. The van der Waals surface area contributed by atoms with E-state index in [0.717, 1.165) is 16.5 Å². The van der Waals surface area contributed by atoms with Crippen LogP contribution in [-0.4, -0.2) is 26.9 Å². The van der Waals surface area contributed by atoms with Gasteiger partial charge in [0.1, 0.15) is 6.04 Å². The van der Waals surface area contributed by atoms with E-state index in [1.807, 2.05) is 37.3 Å². The van der Waals surface area contributed by atoms with Gasteiger partial charge in [0.15, 0.2) is 0 Å². The zero-order chi connectivity index (χ0) is 18.3. The first-order valence-corrected chi connectivity index (χ1v) is 10.3. The highest BCUT2D eigenvalue weighted by molar-refractivity contribution is 9.10. The van der Waals surface area contributed by atoms with E-state index in [2.05, 4.69) is 26.0 Å². The Morgan fingerprint density at radius 2 is 1.72 bits per heavy atom. The average Bonchev–Trinajstić information content (AvgIpc) is 2.60. The molecule has 2 N–H and O–H groups in total. The average molecular weight is 425 g/mol. The molecule has 0 bridgehead atoms. The smallest absolute Gasteiger partial charge is 0.241 e. The van der Waals surface area contributed by atoms with E-state index < -0.39 is 16.1 Å². The van der Waals surface area contributed by atoms with Crippen molar-refractivity contribution in [1.82, 2.24) is 10.0 Å². The van der Waals surface area contributed by atoms with E-state index in [1.54, 1.807) is 12.1 Å². The summed E-state index contributed by atoms with van der Waals surface area (Å²) >= 11 is 3.28. The fourth-order valence-electron chi connectivity index (χ4n) is 2.28. The molecular formula is C18H21BrN2O3S. The third-order valence-corrected chi connectivity index (χ3v) is 5.59. The molecule has 2 rings (SSSR count). The lowest BCUT2D eigenvalue weighted by molar-refractivity contribution is -0.122. The van der Waals surface area contributed by atoms with E-state index in [0.29, 0.717) is 6.54 Å². The summed E-state index contributed by atoms with van der Waals surface area (Å²) in [4.78, 5) is 12.5. The van der Waals surface area contributed by atoms with Crippen molar-refractivity contribution in [3.8, 4) is 0 Å². The molecule has 1 amide bonds. The van der Waals surface area contributed by atoms with Crippen LogP contribution in [0, 0.1) is 0 Å². The van der Waals surface area contributed by atoms with Crippen LogP contribution in [0.15, 0.2) is 64.0 Å². The molecule has 0 radical (unpaired) electrons. The van der Waals surface area contributed by atoms with Crippen LogP contribution >= 0.6 is 15.9 Å². The van der Waals surface area contributed by atoms with Crippen molar-refractivity contribution in [1.29, 1.82) is 0 Å². The summed E-state index contributed by atoms with van der Waals surface area (Å²) in [6.45, 7) is 2.45. The van der Waals surface area contributed by atoms with Gasteiger partial charge in [-0.1, -0.05) is 53.2 Å². The fourth-order valence-corrected chi connectivity index (χ4v) is 3.74. The van der Waals surface area contributed by atoms with Gasteiger partial charge in [0.25, 0.3) is 0 Å². The van der Waals surface area contributed by atoms with Crippen molar-refractivity contribution in [2.75, 3.05) is 6.54 Å². The highest BCUT2D eigenvalue weighted by Crippen LogP contribution is 2.15. The second-order valence-corrected chi connectivity index (χ2v) is 8.24. The Kier molecular flexibility index (Phi) is 7.16. The maximum atomic E-state index is 12.6. The number of halogens is 1. The summed E-state index contributed by atoms with van der Waals surface area (Å²) in [6.07, 6.45) is 1.06. The van der Waals surface area contributed by atoms with Gasteiger partial charge in [-0.25, -0.2) is 8.42 Å². The van der Waals surface area contributed by atoms with Crippen molar-refractivity contribution >= 4 is 31.9 Å². The van der Waals surface area contributed by atoms with E-state index in [4.69, 9.17) is 0 Å². The fraction of sp³-hybridized carbons (Fsp3) is 0.278. The molecule has 0 aliphatic carbocycles. The molecular weight excluding hydrogens is 404 g/mol. The third-order valence-electron chi connectivity index (χ3n) is 3.57. The summed E-state index contributed by atoms with van der Waals surface area (Å²) in [5, 5.41) is 2.76. The minimum atomic E-state index is -3.80. The predicted molar refractivity (Wildman–Crippen MR) is 102 cm³/mol. The number of hydrogen-bond acceptors (Lipinski definition) is 3. The van der Waals surface area contributed by atoms with E-state index >= 15 is 0 Å². The standard InChI is InChI=1S/C18H21BrN2O3S/c1-2-12-20-18(22)17(13-14-6-4-3-5-7-14)21-25(23,24)16-10-8-15(19)9-11-16/h3-11,17,21H,2,12-13H2,1H3,(H,20,22). The Morgan fingerprint density at radius 3 is 2.32 bits per heavy atom. The van der Waals surface area contributed by atoms with E-state index in [-0.39, 0.29) is 17.2 Å². The first kappa shape index (κ1) is 19.6. The zero-order valence-corrected chi connectivity index (χ0v) is 16.3. The summed E-state index contributed by atoms with van der Waals surface area (Å²) in [5.74, 6) is -0.327. The highest BCUT2D eigenvalue weighted by atomic mass is 79.9. The quantitative estimate of drug-likeness (QED) is 0.683. The molecule has 0 spiro atoms. The van der Waals surface area contributed by atoms with Gasteiger partial charge in [0.2, 0.25) is 15.9 Å². The number of rotatable bonds is 8. The van der Waals surface area contributed by atoms with Crippen LogP contribution in [0.5, 0.6) is 0 Å². The summed E-state index contributed by atoms with van der Waals surface area (Å²) in [5.41, 5.74) is 0.887. The van der Waals surface area contributed by atoms with Gasteiger partial charge in [0.05, 0.1) is 4.90 Å². The number of carbonyl (C=O) groups excluding carboxylic acids is 1. The molecule has 2 aromatic carbocycles. The van der Waals surface area contributed by atoms with Gasteiger partial charge in [-0.2, -0.15) is 4.72 Å². The van der Waals surface area contributed by atoms with Crippen LogP contribution in [0.3, 0.4) is 0 Å². The zero-order valence-electron chi connectivity index (χ0n) is 13.9. The monoisotopic (exact) mass is 424 g/mol. The molecule has 0 fully saturated rings. The Morgan fingerprint density at radius 1 is 1.08 bits per heavy atom. The van der Waals surface area contributed by atoms with Gasteiger partial charge in [-0.05, 0) is 42.7 Å².